The number of rotatable bonds is 4. The molecule has 0 aromatic heterocycles. The third-order valence-electron chi connectivity index (χ3n) is 4.13. The molecule has 0 heterocycles. The molecule has 24 heavy (non-hydrogen) atoms. The van der Waals surface area contributed by atoms with Gasteiger partial charge >= 0.3 is 0 Å². The Morgan fingerprint density at radius 3 is 2.58 bits per heavy atom. The summed E-state index contributed by atoms with van der Waals surface area (Å²) in [7, 11) is 0. The number of carbonyl (C=O) groups is 2. The van der Waals surface area contributed by atoms with Gasteiger partial charge in [-0.2, -0.15) is 5.26 Å². The zero-order valence-electron chi connectivity index (χ0n) is 13.2. The molecule has 1 aliphatic carbocycles. The average Bonchev–Trinajstić information content (AvgIpc) is 3.32. The van der Waals surface area contributed by atoms with E-state index in [9.17, 15) is 9.59 Å². The largest absolute Gasteiger partial charge is 0.326 e. The molecule has 120 valence electrons. The fourth-order valence-electron chi connectivity index (χ4n) is 2.54. The molecule has 5 heteroatoms. The van der Waals surface area contributed by atoms with E-state index < -0.39 is 0 Å². The van der Waals surface area contributed by atoms with E-state index in [4.69, 9.17) is 5.26 Å². The van der Waals surface area contributed by atoms with Gasteiger partial charge in [0.15, 0.2) is 0 Å². The Morgan fingerprint density at radius 2 is 1.88 bits per heavy atom. The third-order valence-corrected chi connectivity index (χ3v) is 4.13. The van der Waals surface area contributed by atoms with E-state index >= 15 is 0 Å². The molecule has 0 bridgehead atoms. The van der Waals surface area contributed by atoms with Crippen LogP contribution in [0.1, 0.15) is 29.3 Å². The summed E-state index contributed by atoms with van der Waals surface area (Å²) in [5.74, 6) is 0.174. The minimum absolute atomic E-state index is 0.00474. The highest BCUT2D eigenvalue weighted by Gasteiger charge is 2.39. The first-order chi connectivity index (χ1) is 11.6. The normalized spacial score (nSPS) is 18.3. The van der Waals surface area contributed by atoms with E-state index in [2.05, 4.69) is 10.6 Å². The van der Waals surface area contributed by atoms with E-state index in [1.54, 1.807) is 48.5 Å². The number of nitriles is 1. The Kier molecular flexibility index (Phi) is 4.30. The average molecular weight is 319 g/mol. The van der Waals surface area contributed by atoms with Crippen molar-refractivity contribution >= 4 is 23.2 Å². The maximum Gasteiger partial charge on any atom is 0.255 e. The highest BCUT2D eigenvalue weighted by Crippen LogP contribution is 2.38. The van der Waals surface area contributed by atoms with Gasteiger partial charge in [0.25, 0.3) is 5.91 Å². The maximum atomic E-state index is 12.4. The molecule has 0 unspecified atom stereocenters. The molecule has 2 atom stereocenters. The monoisotopic (exact) mass is 319 g/mol. The molecule has 0 aliphatic heterocycles. The van der Waals surface area contributed by atoms with Crippen LogP contribution in [0, 0.1) is 23.2 Å². The second kappa shape index (κ2) is 6.55. The lowest BCUT2D eigenvalue weighted by molar-refractivity contribution is -0.117. The molecule has 1 saturated carbocycles. The number of nitrogens with zero attached hydrogens (tertiary/aromatic N) is 1. The number of anilines is 2. The van der Waals surface area contributed by atoms with Crippen LogP contribution in [-0.4, -0.2) is 11.8 Å². The SMILES string of the molecule is C[C@@H]1C[C@H]1C(=O)Nc1cccc(C(=O)Nc2ccccc2C#N)c1. The van der Waals surface area contributed by atoms with Crippen LogP contribution in [0.25, 0.3) is 0 Å². The van der Waals surface area contributed by atoms with Crippen molar-refractivity contribution in [2.45, 2.75) is 13.3 Å². The molecule has 0 saturated heterocycles. The quantitative estimate of drug-likeness (QED) is 0.906. The summed E-state index contributed by atoms with van der Waals surface area (Å²) in [6.07, 6.45) is 0.914. The number of nitrogens with one attached hydrogen (secondary N) is 2. The number of hydrogen-bond acceptors (Lipinski definition) is 3. The Labute approximate surface area is 140 Å². The van der Waals surface area contributed by atoms with Gasteiger partial charge in [-0.15, -0.1) is 0 Å². The molecular formula is C19H17N3O2. The van der Waals surface area contributed by atoms with Crippen LogP contribution in [0.15, 0.2) is 48.5 Å². The number of amides is 2. The van der Waals surface area contributed by atoms with Gasteiger partial charge in [0.2, 0.25) is 5.91 Å². The van der Waals surface area contributed by atoms with E-state index in [0.29, 0.717) is 28.4 Å². The highest BCUT2D eigenvalue weighted by molar-refractivity contribution is 6.06. The number of carbonyl (C=O) groups excluding carboxylic acids is 2. The Morgan fingerprint density at radius 1 is 1.12 bits per heavy atom. The minimum Gasteiger partial charge on any atom is -0.326 e. The smallest absolute Gasteiger partial charge is 0.255 e. The van der Waals surface area contributed by atoms with Crippen LogP contribution in [-0.2, 0) is 4.79 Å². The van der Waals surface area contributed by atoms with Crippen molar-refractivity contribution < 1.29 is 9.59 Å². The van der Waals surface area contributed by atoms with Gasteiger partial charge in [-0.05, 0) is 42.7 Å². The first-order valence-corrected chi connectivity index (χ1v) is 7.80. The van der Waals surface area contributed by atoms with Crippen molar-refractivity contribution in [1.29, 1.82) is 5.26 Å². The molecule has 2 amide bonds. The van der Waals surface area contributed by atoms with Crippen LogP contribution in [0.4, 0.5) is 11.4 Å². The lowest BCUT2D eigenvalue weighted by Crippen LogP contribution is -2.16. The second-order valence-electron chi connectivity index (χ2n) is 6.00. The molecule has 0 radical (unpaired) electrons. The summed E-state index contributed by atoms with van der Waals surface area (Å²) in [6.45, 7) is 2.04. The molecular weight excluding hydrogens is 302 g/mol. The Hall–Kier alpha value is -3.13. The van der Waals surface area contributed by atoms with Crippen molar-refractivity contribution in [2.24, 2.45) is 11.8 Å². The van der Waals surface area contributed by atoms with Crippen molar-refractivity contribution in [3.8, 4) is 6.07 Å². The van der Waals surface area contributed by atoms with Crippen LogP contribution < -0.4 is 10.6 Å². The van der Waals surface area contributed by atoms with E-state index in [1.165, 1.54) is 0 Å². The number of hydrogen-bond donors (Lipinski definition) is 2. The maximum absolute atomic E-state index is 12.4. The fourth-order valence-corrected chi connectivity index (χ4v) is 2.54. The molecule has 1 aliphatic rings. The number of benzene rings is 2. The lowest BCUT2D eigenvalue weighted by atomic mass is 10.1. The summed E-state index contributed by atoms with van der Waals surface area (Å²) in [5.41, 5.74) is 1.88. The van der Waals surface area contributed by atoms with Gasteiger partial charge < -0.3 is 10.6 Å². The number of para-hydroxylation sites is 1. The summed E-state index contributed by atoms with van der Waals surface area (Å²) in [5, 5.41) is 14.6. The molecule has 2 N–H and O–H groups in total. The standard InChI is InChI=1S/C19H17N3O2/c1-12-9-16(12)19(24)21-15-7-4-6-13(10-15)18(23)22-17-8-3-2-5-14(17)11-20/h2-8,10,12,16H,9H2,1H3,(H,21,24)(H,22,23)/t12-,16-/m1/s1. The minimum atomic E-state index is -0.325. The first-order valence-electron chi connectivity index (χ1n) is 7.80. The molecule has 3 rings (SSSR count). The zero-order chi connectivity index (χ0) is 17.1. The summed E-state index contributed by atoms with van der Waals surface area (Å²) < 4.78 is 0. The second-order valence-corrected chi connectivity index (χ2v) is 6.00. The van der Waals surface area contributed by atoms with Crippen LogP contribution in [0.2, 0.25) is 0 Å². The van der Waals surface area contributed by atoms with Crippen LogP contribution >= 0.6 is 0 Å². The van der Waals surface area contributed by atoms with Crippen molar-refractivity contribution in [3.63, 3.8) is 0 Å². The van der Waals surface area contributed by atoms with Gasteiger partial charge in [-0.3, -0.25) is 9.59 Å². The first kappa shape index (κ1) is 15.8. The fraction of sp³-hybridized carbons (Fsp3) is 0.211. The van der Waals surface area contributed by atoms with Crippen molar-refractivity contribution in [2.75, 3.05) is 10.6 Å². The Balaban J connectivity index is 1.72. The Bertz CT molecular complexity index is 839. The summed E-state index contributed by atoms with van der Waals surface area (Å²) >= 11 is 0. The molecule has 1 fully saturated rings. The van der Waals surface area contributed by atoms with Crippen LogP contribution in [0.3, 0.4) is 0 Å². The lowest BCUT2D eigenvalue weighted by Gasteiger charge is -2.09. The van der Waals surface area contributed by atoms with Crippen molar-refractivity contribution in [3.05, 3.63) is 59.7 Å². The van der Waals surface area contributed by atoms with Gasteiger partial charge in [-0.25, -0.2) is 0 Å². The predicted molar refractivity (Wildman–Crippen MR) is 91.5 cm³/mol. The van der Waals surface area contributed by atoms with Gasteiger partial charge in [0.1, 0.15) is 6.07 Å². The van der Waals surface area contributed by atoms with Crippen molar-refractivity contribution in [1.82, 2.24) is 0 Å². The molecule has 0 spiro atoms. The molecule has 5 nitrogen and oxygen atoms in total. The van der Waals surface area contributed by atoms with E-state index in [-0.39, 0.29) is 17.7 Å². The summed E-state index contributed by atoms with van der Waals surface area (Å²) in [4.78, 5) is 24.4. The van der Waals surface area contributed by atoms with Gasteiger partial charge in [0, 0.05) is 17.2 Å². The zero-order valence-corrected chi connectivity index (χ0v) is 13.2. The highest BCUT2D eigenvalue weighted by atomic mass is 16.2. The molecule has 2 aromatic carbocycles. The third kappa shape index (κ3) is 3.44. The van der Waals surface area contributed by atoms with Gasteiger partial charge in [-0.1, -0.05) is 25.1 Å². The predicted octanol–water partition coefficient (Wildman–Crippen LogP) is 3.41. The van der Waals surface area contributed by atoms with E-state index in [0.717, 1.165) is 6.42 Å². The molecule has 2 aromatic rings. The van der Waals surface area contributed by atoms with E-state index in [1.807, 2.05) is 13.0 Å². The topological polar surface area (TPSA) is 82.0 Å². The van der Waals surface area contributed by atoms with Gasteiger partial charge in [0.05, 0.1) is 11.3 Å². The van der Waals surface area contributed by atoms with Crippen LogP contribution in [0.5, 0.6) is 0 Å². The summed E-state index contributed by atoms with van der Waals surface area (Å²) in [6, 6.07) is 15.6.